The van der Waals surface area contributed by atoms with Crippen molar-refractivity contribution in [3.63, 3.8) is 0 Å². The van der Waals surface area contributed by atoms with Crippen molar-refractivity contribution < 1.29 is 31.5 Å². The van der Waals surface area contributed by atoms with E-state index < -0.39 is 46.7 Å². The molecule has 1 aliphatic heterocycles. The molecule has 0 unspecified atom stereocenters. The van der Waals surface area contributed by atoms with Gasteiger partial charge in [0, 0.05) is 0 Å². The molecular weight excluding hydrogens is 333 g/mol. The molecule has 0 aromatic heterocycles. The minimum absolute atomic E-state index is 0.0601. The average molecular weight is 347 g/mol. The molecular formula is C16H14F5NO2. The molecule has 0 radical (unpaired) electrons. The number of allylic oxidation sites excluding steroid dienone is 1. The summed E-state index contributed by atoms with van der Waals surface area (Å²) in [5.74, 6) is -4.07. The fraction of sp³-hybridized carbons (Fsp3) is 0.438. The smallest absolute Gasteiger partial charge is 0.344 e. The summed E-state index contributed by atoms with van der Waals surface area (Å²) >= 11 is 0. The summed E-state index contributed by atoms with van der Waals surface area (Å²) < 4.78 is 74.8. The number of carbonyl (C=O) groups is 1. The molecule has 0 saturated heterocycles. The standard InChI is InChI=1S/C16H14F5NO2/c1-8-14(23)22-11-5-4-10(17)13(18)12(11)15(24-8,16(19,20)21)7-6-9-2-3-9/h4-9H,2-3H2,1H3,(H,22,23)/b7-6+/t8-,15-/m1/s1. The lowest BCUT2D eigenvalue weighted by atomic mass is 9.89. The monoisotopic (exact) mass is 347 g/mol. The molecule has 0 spiro atoms. The summed E-state index contributed by atoms with van der Waals surface area (Å²) in [5, 5.41) is 2.17. The molecule has 130 valence electrons. The van der Waals surface area contributed by atoms with E-state index in [1.165, 1.54) is 6.08 Å². The highest BCUT2D eigenvalue weighted by Gasteiger charge is 2.60. The van der Waals surface area contributed by atoms with Crippen LogP contribution in [0.15, 0.2) is 24.3 Å². The SMILES string of the molecule is C[C@H]1O[C@@](/C=C/C2CC2)(C(F)(F)F)c2c(ccc(F)c2F)NC1=O. The van der Waals surface area contributed by atoms with E-state index in [4.69, 9.17) is 4.74 Å². The van der Waals surface area contributed by atoms with E-state index in [-0.39, 0.29) is 5.92 Å². The lowest BCUT2D eigenvalue weighted by Gasteiger charge is -2.34. The third kappa shape index (κ3) is 2.68. The topological polar surface area (TPSA) is 38.3 Å². The van der Waals surface area contributed by atoms with Crippen molar-refractivity contribution in [1.29, 1.82) is 0 Å². The molecule has 3 nitrogen and oxygen atoms in total. The van der Waals surface area contributed by atoms with Crippen LogP contribution in [0.3, 0.4) is 0 Å². The van der Waals surface area contributed by atoms with Gasteiger partial charge in [-0.1, -0.05) is 6.08 Å². The van der Waals surface area contributed by atoms with Crippen LogP contribution < -0.4 is 5.32 Å². The van der Waals surface area contributed by atoms with Crippen molar-refractivity contribution in [2.45, 2.75) is 37.6 Å². The molecule has 3 rings (SSSR count). The van der Waals surface area contributed by atoms with Gasteiger partial charge in [-0.3, -0.25) is 4.79 Å². The largest absolute Gasteiger partial charge is 0.425 e. The number of benzene rings is 1. The molecule has 2 aliphatic rings. The first-order chi connectivity index (χ1) is 11.2. The normalized spacial score (nSPS) is 27.8. The number of carbonyl (C=O) groups excluding carboxylic acids is 1. The van der Waals surface area contributed by atoms with E-state index in [1.807, 2.05) is 0 Å². The highest BCUT2D eigenvalue weighted by atomic mass is 19.4. The van der Waals surface area contributed by atoms with Crippen LogP contribution in [-0.2, 0) is 15.1 Å². The number of anilines is 1. The number of alkyl halides is 3. The predicted octanol–water partition coefficient (Wildman–Crippen LogP) is 4.05. The Balaban J connectivity index is 2.29. The molecule has 1 N–H and O–H groups in total. The van der Waals surface area contributed by atoms with Gasteiger partial charge in [0.2, 0.25) is 5.60 Å². The first kappa shape index (κ1) is 16.9. The van der Waals surface area contributed by atoms with E-state index in [1.54, 1.807) is 0 Å². The second-order valence-corrected chi connectivity index (χ2v) is 5.96. The Kier molecular flexibility index (Phi) is 3.90. The minimum atomic E-state index is -5.09. The number of ether oxygens (including phenoxy) is 1. The summed E-state index contributed by atoms with van der Waals surface area (Å²) in [7, 11) is 0. The molecule has 8 heteroatoms. The molecule has 2 atom stereocenters. The van der Waals surface area contributed by atoms with E-state index in [0.29, 0.717) is 12.1 Å². The highest BCUT2D eigenvalue weighted by molar-refractivity contribution is 5.95. The first-order valence-corrected chi connectivity index (χ1v) is 7.39. The van der Waals surface area contributed by atoms with Crippen molar-refractivity contribution in [3.05, 3.63) is 41.5 Å². The Morgan fingerprint density at radius 2 is 1.96 bits per heavy atom. The Morgan fingerprint density at radius 1 is 1.29 bits per heavy atom. The van der Waals surface area contributed by atoms with Gasteiger partial charge in [-0.2, -0.15) is 13.2 Å². The molecule has 1 aromatic carbocycles. The zero-order valence-electron chi connectivity index (χ0n) is 12.6. The maximum absolute atomic E-state index is 14.3. The van der Waals surface area contributed by atoms with E-state index in [2.05, 4.69) is 5.32 Å². The zero-order chi connectivity index (χ0) is 17.7. The maximum atomic E-state index is 14.3. The Bertz CT molecular complexity index is 711. The zero-order valence-corrected chi connectivity index (χ0v) is 12.6. The van der Waals surface area contributed by atoms with Crippen molar-refractivity contribution >= 4 is 11.6 Å². The van der Waals surface area contributed by atoms with Gasteiger partial charge in [-0.15, -0.1) is 0 Å². The summed E-state index contributed by atoms with van der Waals surface area (Å²) in [6.45, 7) is 1.13. The number of rotatable bonds is 2. The lowest BCUT2D eigenvalue weighted by molar-refractivity contribution is -0.272. The van der Waals surface area contributed by atoms with Crippen LogP contribution in [0.1, 0.15) is 25.3 Å². The van der Waals surface area contributed by atoms with Crippen molar-refractivity contribution in [3.8, 4) is 0 Å². The number of amides is 1. The fourth-order valence-electron chi connectivity index (χ4n) is 2.63. The van der Waals surface area contributed by atoms with Gasteiger partial charge in [0.25, 0.3) is 5.91 Å². The minimum Gasteiger partial charge on any atom is -0.344 e. The first-order valence-electron chi connectivity index (χ1n) is 7.39. The average Bonchev–Trinajstić information content (AvgIpc) is 3.30. The number of hydrogen-bond acceptors (Lipinski definition) is 2. The third-order valence-electron chi connectivity index (χ3n) is 4.10. The van der Waals surface area contributed by atoms with Crippen LogP contribution in [0.4, 0.5) is 27.6 Å². The van der Waals surface area contributed by atoms with Gasteiger partial charge in [0.1, 0.15) is 6.10 Å². The molecule has 1 saturated carbocycles. The Labute approximate surface area is 134 Å². The van der Waals surface area contributed by atoms with Crippen molar-refractivity contribution in [2.75, 3.05) is 5.32 Å². The van der Waals surface area contributed by atoms with Crippen LogP contribution in [0.2, 0.25) is 0 Å². The molecule has 1 aliphatic carbocycles. The number of halogens is 5. The van der Waals surface area contributed by atoms with Gasteiger partial charge in [-0.05, 0) is 43.9 Å². The summed E-state index contributed by atoms with van der Waals surface area (Å²) in [5.41, 5.74) is -4.76. The molecule has 0 bridgehead atoms. The molecule has 1 fully saturated rings. The van der Waals surface area contributed by atoms with Crippen LogP contribution >= 0.6 is 0 Å². The van der Waals surface area contributed by atoms with E-state index in [0.717, 1.165) is 25.8 Å². The van der Waals surface area contributed by atoms with Crippen LogP contribution in [0.5, 0.6) is 0 Å². The number of hydrogen-bond donors (Lipinski definition) is 1. The Hall–Kier alpha value is -1.96. The van der Waals surface area contributed by atoms with Crippen LogP contribution in [-0.4, -0.2) is 18.2 Å². The lowest BCUT2D eigenvalue weighted by Crippen LogP contribution is -2.46. The fourth-order valence-corrected chi connectivity index (χ4v) is 2.63. The van der Waals surface area contributed by atoms with Crippen LogP contribution in [0.25, 0.3) is 0 Å². The van der Waals surface area contributed by atoms with Crippen LogP contribution in [0, 0.1) is 17.6 Å². The predicted molar refractivity (Wildman–Crippen MR) is 75.1 cm³/mol. The Morgan fingerprint density at radius 3 is 2.54 bits per heavy atom. The molecule has 1 heterocycles. The molecule has 1 amide bonds. The van der Waals surface area contributed by atoms with Gasteiger partial charge < -0.3 is 10.1 Å². The second-order valence-electron chi connectivity index (χ2n) is 5.96. The number of fused-ring (bicyclic) bond motifs is 1. The van der Waals surface area contributed by atoms with E-state index in [9.17, 15) is 26.7 Å². The summed E-state index contributed by atoms with van der Waals surface area (Å²) in [4.78, 5) is 11.9. The van der Waals surface area contributed by atoms with E-state index >= 15 is 0 Å². The highest BCUT2D eigenvalue weighted by Crippen LogP contribution is 2.50. The summed E-state index contributed by atoms with van der Waals surface area (Å²) in [6.07, 6.45) is -3.19. The molecule has 24 heavy (non-hydrogen) atoms. The molecule has 1 aromatic rings. The van der Waals surface area contributed by atoms with Gasteiger partial charge in [-0.25, -0.2) is 8.78 Å². The van der Waals surface area contributed by atoms with Gasteiger partial charge in [0.15, 0.2) is 11.6 Å². The van der Waals surface area contributed by atoms with Crippen molar-refractivity contribution in [2.24, 2.45) is 5.92 Å². The quantitative estimate of drug-likeness (QED) is 0.648. The van der Waals surface area contributed by atoms with Gasteiger partial charge in [0.05, 0.1) is 11.3 Å². The second kappa shape index (κ2) is 5.54. The summed E-state index contributed by atoms with van der Waals surface area (Å²) in [6, 6.07) is 1.56. The number of nitrogens with one attached hydrogen (secondary N) is 1. The third-order valence-corrected chi connectivity index (χ3v) is 4.10. The maximum Gasteiger partial charge on any atom is 0.425 e. The van der Waals surface area contributed by atoms with Gasteiger partial charge >= 0.3 is 6.18 Å². The van der Waals surface area contributed by atoms with Crippen molar-refractivity contribution in [1.82, 2.24) is 0 Å².